The van der Waals surface area contributed by atoms with E-state index in [0.717, 1.165) is 19.5 Å². The van der Waals surface area contributed by atoms with E-state index in [1.54, 1.807) is 0 Å². The summed E-state index contributed by atoms with van der Waals surface area (Å²) >= 11 is 0. The maximum atomic E-state index is 8.58. The van der Waals surface area contributed by atoms with Gasteiger partial charge in [-0.15, -0.1) is 0 Å². The molecule has 50 valence electrons. The Balaban J connectivity index is 2.41. The molecule has 0 aromatic heterocycles. The molecule has 0 aromatic carbocycles. The Morgan fingerprint density at radius 1 is 1.67 bits per heavy atom. The Morgan fingerprint density at radius 3 is 2.89 bits per heavy atom. The third-order valence-electron chi connectivity index (χ3n) is 1.95. The predicted octanol–water partition coefficient (Wildman–Crippen LogP) is 0.756. The third kappa shape index (κ3) is 1.43. The summed E-state index contributed by atoms with van der Waals surface area (Å²) in [7, 11) is 0. The molecule has 1 rings (SSSR count). The zero-order chi connectivity index (χ0) is 6.69. The fourth-order valence-corrected chi connectivity index (χ4v) is 1.21. The van der Waals surface area contributed by atoms with Gasteiger partial charge in [-0.1, -0.05) is 6.92 Å². The molecule has 2 unspecified atom stereocenters. The van der Waals surface area contributed by atoms with Crippen molar-refractivity contribution in [2.24, 2.45) is 11.8 Å². The lowest BCUT2D eigenvalue weighted by Crippen LogP contribution is -2.34. The quantitative estimate of drug-likeness (QED) is 0.517. The van der Waals surface area contributed by atoms with Crippen molar-refractivity contribution in [3.63, 3.8) is 0 Å². The SMILES string of the molecule is CC1CNCCC1C#N. The van der Waals surface area contributed by atoms with Crippen molar-refractivity contribution in [2.45, 2.75) is 13.3 Å². The summed E-state index contributed by atoms with van der Waals surface area (Å²) in [5.41, 5.74) is 0. The minimum Gasteiger partial charge on any atom is -0.316 e. The molecular weight excluding hydrogens is 112 g/mol. The second kappa shape index (κ2) is 2.84. The van der Waals surface area contributed by atoms with E-state index in [2.05, 4.69) is 18.3 Å². The highest BCUT2D eigenvalue weighted by molar-refractivity contribution is 4.90. The first-order valence-corrected chi connectivity index (χ1v) is 3.45. The van der Waals surface area contributed by atoms with Crippen molar-refractivity contribution in [3.8, 4) is 6.07 Å². The van der Waals surface area contributed by atoms with Crippen molar-refractivity contribution in [2.75, 3.05) is 13.1 Å². The number of hydrogen-bond donors (Lipinski definition) is 1. The van der Waals surface area contributed by atoms with Crippen molar-refractivity contribution in [1.29, 1.82) is 5.26 Å². The molecule has 1 N–H and O–H groups in total. The van der Waals surface area contributed by atoms with Gasteiger partial charge in [0.25, 0.3) is 0 Å². The van der Waals surface area contributed by atoms with Crippen LogP contribution in [0, 0.1) is 23.2 Å². The van der Waals surface area contributed by atoms with Crippen LogP contribution in [0.5, 0.6) is 0 Å². The molecule has 1 aliphatic rings. The molecule has 1 heterocycles. The summed E-state index contributed by atoms with van der Waals surface area (Å²) in [5, 5.41) is 11.8. The Kier molecular flexibility index (Phi) is 2.07. The summed E-state index contributed by atoms with van der Waals surface area (Å²) in [6.45, 7) is 4.15. The van der Waals surface area contributed by atoms with Gasteiger partial charge in [-0.05, 0) is 25.4 Å². The van der Waals surface area contributed by atoms with E-state index in [1.807, 2.05) is 0 Å². The number of nitrogens with one attached hydrogen (secondary N) is 1. The van der Waals surface area contributed by atoms with E-state index in [0.29, 0.717) is 11.8 Å². The van der Waals surface area contributed by atoms with Gasteiger partial charge in [0, 0.05) is 0 Å². The second-order valence-corrected chi connectivity index (χ2v) is 2.71. The number of rotatable bonds is 0. The predicted molar refractivity (Wildman–Crippen MR) is 35.8 cm³/mol. The molecule has 9 heavy (non-hydrogen) atoms. The summed E-state index contributed by atoms with van der Waals surface area (Å²) in [6, 6.07) is 2.31. The van der Waals surface area contributed by atoms with Gasteiger partial charge < -0.3 is 5.32 Å². The minimum atomic E-state index is 0.297. The average Bonchev–Trinajstić information content (AvgIpc) is 1.89. The largest absolute Gasteiger partial charge is 0.316 e. The zero-order valence-electron chi connectivity index (χ0n) is 5.72. The summed E-state index contributed by atoms with van der Waals surface area (Å²) < 4.78 is 0. The van der Waals surface area contributed by atoms with Gasteiger partial charge in [0.1, 0.15) is 0 Å². The van der Waals surface area contributed by atoms with E-state index in [9.17, 15) is 0 Å². The molecule has 1 fully saturated rings. The average molecular weight is 124 g/mol. The van der Waals surface area contributed by atoms with Crippen LogP contribution in [0.2, 0.25) is 0 Å². The smallest absolute Gasteiger partial charge is 0.0659 e. The Morgan fingerprint density at radius 2 is 2.44 bits per heavy atom. The van der Waals surface area contributed by atoms with Crippen LogP contribution in [0.1, 0.15) is 13.3 Å². The fraction of sp³-hybridized carbons (Fsp3) is 0.857. The molecule has 0 aliphatic carbocycles. The van der Waals surface area contributed by atoms with E-state index < -0.39 is 0 Å². The molecule has 0 spiro atoms. The highest BCUT2D eigenvalue weighted by Gasteiger charge is 2.19. The molecule has 1 aliphatic heterocycles. The molecule has 0 amide bonds. The van der Waals surface area contributed by atoms with Crippen LogP contribution < -0.4 is 5.32 Å². The lowest BCUT2D eigenvalue weighted by atomic mass is 9.89. The van der Waals surface area contributed by atoms with Gasteiger partial charge >= 0.3 is 0 Å². The lowest BCUT2D eigenvalue weighted by Gasteiger charge is -2.23. The summed E-state index contributed by atoms with van der Waals surface area (Å²) in [5.74, 6) is 0.843. The van der Waals surface area contributed by atoms with Crippen LogP contribution in [0.4, 0.5) is 0 Å². The fourth-order valence-electron chi connectivity index (χ4n) is 1.21. The number of nitriles is 1. The van der Waals surface area contributed by atoms with Gasteiger partial charge in [-0.3, -0.25) is 0 Å². The molecule has 0 aromatic rings. The molecule has 2 heteroatoms. The normalized spacial score (nSPS) is 35.6. The standard InChI is InChI=1S/C7H12N2/c1-6-5-9-3-2-7(6)4-8/h6-7,9H,2-3,5H2,1H3. The Hall–Kier alpha value is -0.550. The minimum absolute atomic E-state index is 0.297. The third-order valence-corrected chi connectivity index (χ3v) is 1.95. The van der Waals surface area contributed by atoms with Crippen LogP contribution in [-0.4, -0.2) is 13.1 Å². The molecule has 0 saturated carbocycles. The highest BCUT2D eigenvalue weighted by Crippen LogP contribution is 2.16. The van der Waals surface area contributed by atoms with Crippen LogP contribution in [0.15, 0.2) is 0 Å². The molecule has 0 radical (unpaired) electrons. The topological polar surface area (TPSA) is 35.8 Å². The lowest BCUT2D eigenvalue weighted by molar-refractivity contribution is 0.332. The van der Waals surface area contributed by atoms with Crippen LogP contribution in [0.25, 0.3) is 0 Å². The van der Waals surface area contributed by atoms with Gasteiger partial charge in [0.05, 0.1) is 12.0 Å². The first kappa shape index (κ1) is 6.57. The van der Waals surface area contributed by atoms with Gasteiger partial charge in [-0.2, -0.15) is 5.26 Å². The first-order valence-electron chi connectivity index (χ1n) is 3.45. The zero-order valence-corrected chi connectivity index (χ0v) is 5.72. The van der Waals surface area contributed by atoms with E-state index in [4.69, 9.17) is 5.26 Å². The van der Waals surface area contributed by atoms with E-state index in [1.165, 1.54) is 0 Å². The van der Waals surface area contributed by atoms with Gasteiger partial charge in [0.15, 0.2) is 0 Å². The van der Waals surface area contributed by atoms with Crippen LogP contribution in [-0.2, 0) is 0 Å². The Bertz CT molecular complexity index is 125. The molecule has 2 atom stereocenters. The van der Waals surface area contributed by atoms with Gasteiger partial charge in [0.2, 0.25) is 0 Å². The van der Waals surface area contributed by atoms with Crippen molar-refractivity contribution >= 4 is 0 Å². The number of hydrogen-bond acceptors (Lipinski definition) is 2. The van der Waals surface area contributed by atoms with Crippen molar-refractivity contribution < 1.29 is 0 Å². The Labute approximate surface area is 55.9 Å². The summed E-state index contributed by atoms with van der Waals surface area (Å²) in [6.07, 6.45) is 1.03. The van der Waals surface area contributed by atoms with Crippen LogP contribution >= 0.6 is 0 Å². The first-order chi connectivity index (χ1) is 4.34. The van der Waals surface area contributed by atoms with Crippen molar-refractivity contribution in [3.05, 3.63) is 0 Å². The van der Waals surface area contributed by atoms with E-state index >= 15 is 0 Å². The van der Waals surface area contributed by atoms with Crippen LogP contribution in [0.3, 0.4) is 0 Å². The number of nitrogens with zero attached hydrogens (tertiary/aromatic N) is 1. The monoisotopic (exact) mass is 124 g/mol. The molecule has 1 saturated heterocycles. The maximum Gasteiger partial charge on any atom is 0.0659 e. The molecule has 0 bridgehead atoms. The molecular formula is C7H12N2. The number of piperidine rings is 1. The molecule has 2 nitrogen and oxygen atoms in total. The highest BCUT2D eigenvalue weighted by atomic mass is 14.9. The van der Waals surface area contributed by atoms with Crippen molar-refractivity contribution in [1.82, 2.24) is 5.32 Å². The maximum absolute atomic E-state index is 8.58. The van der Waals surface area contributed by atoms with E-state index in [-0.39, 0.29) is 0 Å². The van der Waals surface area contributed by atoms with Gasteiger partial charge in [-0.25, -0.2) is 0 Å². The summed E-state index contributed by atoms with van der Waals surface area (Å²) in [4.78, 5) is 0. The second-order valence-electron chi connectivity index (χ2n) is 2.71.